The van der Waals surface area contributed by atoms with Gasteiger partial charge in [-0.3, -0.25) is 4.90 Å². The van der Waals surface area contributed by atoms with Crippen molar-refractivity contribution < 1.29 is 9.84 Å². The zero-order valence-electron chi connectivity index (χ0n) is 17.4. The number of hydrogen-bond donors (Lipinski definition) is 2. The molecular formula is C26H30N2O2. The lowest BCUT2D eigenvalue weighted by atomic mass is 9.75. The highest BCUT2D eigenvalue weighted by atomic mass is 16.5. The van der Waals surface area contributed by atoms with E-state index in [0.717, 1.165) is 51.1 Å². The van der Waals surface area contributed by atoms with E-state index in [1.807, 2.05) is 0 Å². The highest BCUT2D eigenvalue weighted by Crippen LogP contribution is 2.45. The Balaban J connectivity index is 1.53. The minimum Gasteiger partial charge on any atom is -0.396 e. The van der Waals surface area contributed by atoms with Crippen LogP contribution in [0.4, 0.5) is 0 Å². The molecule has 1 saturated heterocycles. The van der Waals surface area contributed by atoms with Gasteiger partial charge in [-0.25, -0.2) is 0 Å². The molecule has 5 rings (SSSR count). The number of ether oxygens (including phenoxy) is 1. The van der Waals surface area contributed by atoms with Gasteiger partial charge in [0.05, 0.1) is 13.2 Å². The Bertz CT molecular complexity index is 1030. The summed E-state index contributed by atoms with van der Waals surface area (Å²) in [5.74, 6) is 0. The number of aromatic amines is 1. The van der Waals surface area contributed by atoms with Crippen LogP contribution in [0, 0.1) is 0 Å². The van der Waals surface area contributed by atoms with Crippen molar-refractivity contribution in [1.29, 1.82) is 0 Å². The van der Waals surface area contributed by atoms with Gasteiger partial charge in [0.2, 0.25) is 0 Å². The van der Waals surface area contributed by atoms with E-state index in [1.165, 1.54) is 27.8 Å². The third kappa shape index (κ3) is 3.39. The number of para-hydroxylation sites is 1. The number of morpholine rings is 1. The quantitative estimate of drug-likeness (QED) is 0.661. The van der Waals surface area contributed by atoms with Crippen molar-refractivity contribution >= 4 is 16.5 Å². The van der Waals surface area contributed by atoms with Crippen molar-refractivity contribution in [3.05, 3.63) is 77.5 Å². The van der Waals surface area contributed by atoms with Crippen molar-refractivity contribution in [1.82, 2.24) is 9.88 Å². The Morgan fingerprint density at radius 2 is 1.77 bits per heavy atom. The summed E-state index contributed by atoms with van der Waals surface area (Å²) in [5.41, 5.74) is 6.46. The SMILES string of the molecule is OCCc1c(C2=CCC(c3ccccc3)(N3CCOCC3)CC2)[nH]c2ccccc12. The van der Waals surface area contributed by atoms with Gasteiger partial charge in [0, 0.05) is 41.8 Å². The summed E-state index contributed by atoms with van der Waals surface area (Å²) >= 11 is 0. The summed E-state index contributed by atoms with van der Waals surface area (Å²) in [6.07, 6.45) is 6.25. The second-order valence-corrected chi connectivity index (χ2v) is 8.43. The maximum Gasteiger partial charge on any atom is 0.0594 e. The Morgan fingerprint density at radius 1 is 1.00 bits per heavy atom. The Labute approximate surface area is 178 Å². The van der Waals surface area contributed by atoms with Crippen molar-refractivity contribution in [3.8, 4) is 0 Å². The fourth-order valence-electron chi connectivity index (χ4n) is 5.38. The fraction of sp³-hybridized carbons (Fsp3) is 0.385. The van der Waals surface area contributed by atoms with Gasteiger partial charge in [-0.05, 0) is 48.4 Å². The van der Waals surface area contributed by atoms with Gasteiger partial charge < -0.3 is 14.8 Å². The summed E-state index contributed by atoms with van der Waals surface area (Å²) in [6.45, 7) is 3.77. The first-order chi connectivity index (χ1) is 14.8. The predicted molar refractivity (Wildman–Crippen MR) is 121 cm³/mol. The molecule has 1 aliphatic carbocycles. The number of H-pyrrole nitrogens is 1. The lowest BCUT2D eigenvalue weighted by Crippen LogP contribution is -2.52. The highest BCUT2D eigenvalue weighted by molar-refractivity contribution is 5.89. The third-order valence-corrected chi connectivity index (χ3v) is 6.92. The van der Waals surface area contributed by atoms with Crippen molar-refractivity contribution in [2.45, 2.75) is 31.2 Å². The average Bonchev–Trinajstić information content (AvgIpc) is 3.19. The number of aliphatic hydroxyl groups excluding tert-OH is 1. The number of fused-ring (bicyclic) bond motifs is 1. The van der Waals surface area contributed by atoms with Gasteiger partial charge in [-0.2, -0.15) is 0 Å². The van der Waals surface area contributed by atoms with Crippen LogP contribution >= 0.6 is 0 Å². The molecule has 0 spiro atoms. The van der Waals surface area contributed by atoms with Crippen LogP contribution in [-0.4, -0.2) is 47.9 Å². The Kier molecular flexibility index (Phi) is 5.47. The van der Waals surface area contributed by atoms with E-state index in [9.17, 15) is 5.11 Å². The smallest absolute Gasteiger partial charge is 0.0594 e. The van der Waals surface area contributed by atoms with E-state index >= 15 is 0 Å². The molecule has 3 aromatic rings. The van der Waals surface area contributed by atoms with Gasteiger partial charge in [-0.15, -0.1) is 0 Å². The molecule has 30 heavy (non-hydrogen) atoms. The van der Waals surface area contributed by atoms with Gasteiger partial charge in [-0.1, -0.05) is 54.6 Å². The molecule has 0 amide bonds. The monoisotopic (exact) mass is 402 g/mol. The van der Waals surface area contributed by atoms with Crippen molar-refractivity contribution in [2.24, 2.45) is 0 Å². The molecule has 0 bridgehead atoms. The zero-order valence-corrected chi connectivity index (χ0v) is 17.4. The summed E-state index contributed by atoms with van der Waals surface area (Å²) in [5, 5.41) is 10.9. The van der Waals surface area contributed by atoms with Crippen molar-refractivity contribution in [2.75, 3.05) is 32.9 Å². The number of benzene rings is 2. The number of aromatic nitrogens is 1. The van der Waals surface area contributed by atoms with E-state index < -0.39 is 0 Å². The molecule has 1 atom stereocenters. The summed E-state index contributed by atoms with van der Waals surface area (Å²) in [7, 11) is 0. The summed E-state index contributed by atoms with van der Waals surface area (Å²) in [6, 6.07) is 19.4. The van der Waals surface area contributed by atoms with Crippen LogP contribution in [0.2, 0.25) is 0 Å². The maximum atomic E-state index is 9.67. The number of aliphatic hydroxyl groups is 1. The second kappa shape index (κ2) is 8.38. The molecule has 1 aliphatic heterocycles. The van der Waals surface area contributed by atoms with Gasteiger partial charge in [0.1, 0.15) is 0 Å². The summed E-state index contributed by atoms with van der Waals surface area (Å²) < 4.78 is 5.65. The molecule has 0 radical (unpaired) electrons. The van der Waals surface area contributed by atoms with Crippen molar-refractivity contribution in [3.63, 3.8) is 0 Å². The molecule has 4 heteroatoms. The molecule has 2 aromatic carbocycles. The highest BCUT2D eigenvalue weighted by Gasteiger charge is 2.40. The topological polar surface area (TPSA) is 48.5 Å². The number of nitrogens with zero attached hydrogens (tertiary/aromatic N) is 1. The van der Waals surface area contributed by atoms with E-state index in [-0.39, 0.29) is 12.1 Å². The molecule has 2 N–H and O–H groups in total. The number of rotatable bonds is 5. The third-order valence-electron chi connectivity index (χ3n) is 6.92. The molecule has 2 aliphatic rings. The molecule has 1 unspecified atom stereocenters. The number of hydrogen-bond acceptors (Lipinski definition) is 3. The molecule has 0 saturated carbocycles. The Hall–Kier alpha value is -2.40. The summed E-state index contributed by atoms with van der Waals surface area (Å²) in [4.78, 5) is 6.29. The minimum absolute atomic E-state index is 0.0394. The lowest BCUT2D eigenvalue weighted by molar-refractivity contribution is -0.0288. The van der Waals surface area contributed by atoms with Crippen LogP contribution in [0.15, 0.2) is 60.7 Å². The van der Waals surface area contributed by atoms with Gasteiger partial charge in [0.25, 0.3) is 0 Å². The van der Waals surface area contributed by atoms with Gasteiger partial charge >= 0.3 is 0 Å². The molecule has 4 nitrogen and oxygen atoms in total. The van der Waals surface area contributed by atoms with Crippen LogP contribution < -0.4 is 0 Å². The van der Waals surface area contributed by atoms with Crippen LogP contribution in [0.1, 0.15) is 36.1 Å². The van der Waals surface area contributed by atoms with Crippen LogP contribution in [-0.2, 0) is 16.7 Å². The van der Waals surface area contributed by atoms with Crippen LogP contribution in [0.3, 0.4) is 0 Å². The largest absolute Gasteiger partial charge is 0.396 e. The normalized spacial score (nSPS) is 22.9. The first-order valence-electron chi connectivity index (χ1n) is 11.1. The average molecular weight is 403 g/mol. The second-order valence-electron chi connectivity index (χ2n) is 8.43. The Morgan fingerprint density at radius 3 is 2.50 bits per heavy atom. The number of nitrogens with one attached hydrogen (secondary N) is 1. The van der Waals surface area contributed by atoms with E-state index in [4.69, 9.17) is 4.74 Å². The molecule has 1 fully saturated rings. The fourth-order valence-corrected chi connectivity index (χ4v) is 5.38. The molecule has 156 valence electrons. The lowest BCUT2D eigenvalue weighted by Gasteiger charge is -2.48. The first kappa shape index (κ1) is 19.6. The minimum atomic E-state index is 0.0394. The van der Waals surface area contributed by atoms with Gasteiger partial charge in [0.15, 0.2) is 0 Å². The standard InChI is InChI=1S/C26H30N2O2/c29-17-12-23-22-8-4-5-9-24(22)27-25(23)20-10-13-26(14-11-20,21-6-2-1-3-7-21)28-15-18-30-19-16-28/h1-10,27,29H,11-19H2. The van der Waals surface area contributed by atoms with Crippen LogP contribution in [0.5, 0.6) is 0 Å². The number of allylic oxidation sites excluding steroid dienone is 1. The molecule has 1 aromatic heterocycles. The zero-order chi connectivity index (χ0) is 20.4. The van der Waals surface area contributed by atoms with E-state index in [1.54, 1.807) is 0 Å². The molecule has 2 heterocycles. The molecular weight excluding hydrogens is 372 g/mol. The van der Waals surface area contributed by atoms with E-state index in [0.29, 0.717) is 6.42 Å². The predicted octanol–water partition coefficient (Wildman–Crippen LogP) is 4.50. The first-order valence-corrected chi connectivity index (χ1v) is 11.1. The van der Waals surface area contributed by atoms with E-state index in [2.05, 4.69) is 70.6 Å². The van der Waals surface area contributed by atoms with Crippen LogP contribution in [0.25, 0.3) is 16.5 Å². The maximum absolute atomic E-state index is 9.67.